The number of allylic oxidation sites excluding steroid dienone is 2. The van der Waals surface area contributed by atoms with Crippen LogP contribution in [0.4, 0.5) is 0 Å². The predicted octanol–water partition coefficient (Wildman–Crippen LogP) is 3.21. The summed E-state index contributed by atoms with van der Waals surface area (Å²) in [6, 6.07) is 0. The molecule has 0 aromatic heterocycles. The van der Waals surface area contributed by atoms with E-state index in [1.807, 2.05) is 0 Å². The molecule has 0 atom stereocenters. The molecule has 54 valence electrons. The Morgan fingerprint density at radius 2 is 1.89 bits per heavy atom. The van der Waals surface area contributed by atoms with E-state index in [-0.39, 0.29) is 0 Å². The highest BCUT2D eigenvalue weighted by Crippen LogP contribution is 2.12. The van der Waals surface area contributed by atoms with Gasteiger partial charge in [-0.15, -0.1) is 0 Å². The minimum absolute atomic E-state index is 0.950. The monoisotopic (exact) mass is 206 g/mol. The van der Waals surface area contributed by atoms with Gasteiger partial charge in [-0.3, -0.25) is 0 Å². The van der Waals surface area contributed by atoms with Crippen molar-refractivity contribution >= 4 is 24.0 Å². The lowest BCUT2D eigenvalue weighted by Gasteiger charge is -2.16. The molecule has 0 N–H and O–H groups in total. The molecule has 0 aromatic carbocycles. The van der Waals surface area contributed by atoms with Gasteiger partial charge >= 0.3 is 0 Å². The smallest absolute Gasteiger partial charge is 0.0716 e. The SMILES string of the molecule is C/C(=C/CBr)[Si](C)(C)C. The van der Waals surface area contributed by atoms with E-state index in [0.717, 1.165) is 5.33 Å². The lowest BCUT2D eigenvalue weighted by Crippen LogP contribution is -2.21. The molecule has 0 spiro atoms. The van der Waals surface area contributed by atoms with Crippen LogP contribution >= 0.6 is 15.9 Å². The molecule has 0 rings (SSSR count). The van der Waals surface area contributed by atoms with Gasteiger partial charge in [0.1, 0.15) is 0 Å². The third-order valence-corrected chi connectivity index (χ3v) is 4.46. The van der Waals surface area contributed by atoms with Gasteiger partial charge in [0, 0.05) is 5.33 Å². The second-order valence-electron chi connectivity index (χ2n) is 3.29. The number of alkyl halides is 1. The van der Waals surface area contributed by atoms with Gasteiger partial charge in [-0.2, -0.15) is 0 Å². The maximum Gasteiger partial charge on any atom is 0.0716 e. The fraction of sp³-hybridized carbons (Fsp3) is 0.714. The van der Waals surface area contributed by atoms with Crippen LogP contribution in [0.3, 0.4) is 0 Å². The second-order valence-corrected chi connectivity index (χ2v) is 9.23. The maximum atomic E-state index is 3.39. The van der Waals surface area contributed by atoms with Gasteiger partial charge in [0.25, 0.3) is 0 Å². The largest absolute Gasteiger partial charge is 0.0883 e. The molecule has 0 aliphatic rings. The van der Waals surface area contributed by atoms with Crippen molar-refractivity contribution in [1.82, 2.24) is 0 Å². The van der Waals surface area contributed by atoms with Crippen molar-refractivity contribution in [3.63, 3.8) is 0 Å². The number of hydrogen-bond acceptors (Lipinski definition) is 0. The van der Waals surface area contributed by atoms with Crippen molar-refractivity contribution < 1.29 is 0 Å². The minimum atomic E-state index is -0.950. The van der Waals surface area contributed by atoms with Gasteiger partial charge in [0.2, 0.25) is 0 Å². The van der Waals surface area contributed by atoms with E-state index in [1.54, 1.807) is 5.20 Å². The van der Waals surface area contributed by atoms with E-state index in [2.05, 4.69) is 48.6 Å². The summed E-state index contributed by atoms with van der Waals surface area (Å²) in [7, 11) is -0.950. The zero-order valence-corrected chi connectivity index (χ0v) is 9.25. The van der Waals surface area contributed by atoms with Gasteiger partial charge in [-0.25, -0.2) is 0 Å². The van der Waals surface area contributed by atoms with E-state index >= 15 is 0 Å². The number of hydrogen-bond donors (Lipinski definition) is 0. The molecule has 0 amide bonds. The topological polar surface area (TPSA) is 0 Å². The summed E-state index contributed by atoms with van der Waals surface area (Å²) < 4.78 is 0. The Morgan fingerprint density at radius 1 is 1.44 bits per heavy atom. The molecule has 0 unspecified atom stereocenters. The first kappa shape index (κ1) is 9.44. The number of rotatable bonds is 2. The van der Waals surface area contributed by atoms with E-state index in [9.17, 15) is 0 Å². The van der Waals surface area contributed by atoms with Crippen molar-refractivity contribution in [2.75, 3.05) is 5.33 Å². The predicted molar refractivity (Wildman–Crippen MR) is 50.9 cm³/mol. The summed E-state index contributed by atoms with van der Waals surface area (Å²) in [5.74, 6) is 0. The quantitative estimate of drug-likeness (QED) is 0.481. The lowest BCUT2D eigenvalue weighted by atomic mass is 10.6. The molecule has 0 radical (unpaired) electrons. The third kappa shape index (κ3) is 3.93. The molecule has 0 saturated heterocycles. The molecule has 0 saturated carbocycles. The van der Waals surface area contributed by atoms with Crippen molar-refractivity contribution in [1.29, 1.82) is 0 Å². The second kappa shape index (κ2) is 3.57. The van der Waals surface area contributed by atoms with Crippen molar-refractivity contribution in [2.24, 2.45) is 0 Å². The fourth-order valence-electron chi connectivity index (χ4n) is 0.422. The highest BCUT2D eigenvalue weighted by atomic mass is 79.9. The highest BCUT2D eigenvalue weighted by molar-refractivity contribution is 9.09. The summed E-state index contributed by atoms with van der Waals surface area (Å²) in [4.78, 5) is 0. The lowest BCUT2D eigenvalue weighted by molar-refractivity contribution is 1.50. The zero-order chi connectivity index (χ0) is 7.49. The van der Waals surface area contributed by atoms with E-state index < -0.39 is 8.07 Å². The highest BCUT2D eigenvalue weighted by Gasteiger charge is 2.13. The van der Waals surface area contributed by atoms with Crippen molar-refractivity contribution in [2.45, 2.75) is 26.6 Å². The minimum Gasteiger partial charge on any atom is -0.0883 e. The summed E-state index contributed by atoms with van der Waals surface area (Å²) in [5, 5.41) is 2.59. The summed E-state index contributed by atoms with van der Waals surface area (Å²) in [6.45, 7) is 9.32. The van der Waals surface area contributed by atoms with Gasteiger partial charge in [-0.1, -0.05) is 46.8 Å². The fourth-order valence-corrected chi connectivity index (χ4v) is 1.92. The Hall–Kier alpha value is 0.437. The Labute approximate surface area is 67.5 Å². The van der Waals surface area contributed by atoms with Crippen LogP contribution in [0.2, 0.25) is 19.6 Å². The number of halogens is 1. The zero-order valence-electron chi connectivity index (χ0n) is 6.66. The molecule has 0 heterocycles. The maximum absolute atomic E-state index is 3.39. The Kier molecular flexibility index (Phi) is 3.74. The van der Waals surface area contributed by atoms with Crippen LogP contribution in [0.5, 0.6) is 0 Å². The molecule has 2 heteroatoms. The summed E-state index contributed by atoms with van der Waals surface area (Å²) >= 11 is 3.39. The molecular formula is C7H15BrSi. The summed E-state index contributed by atoms with van der Waals surface area (Å²) in [6.07, 6.45) is 2.27. The first-order valence-corrected chi connectivity index (χ1v) is 7.84. The van der Waals surface area contributed by atoms with Gasteiger partial charge in [-0.05, 0) is 6.92 Å². The first-order valence-electron chi connectivity index (χ1n) is 3.21. The van der Waals surface area contributed by atoms with Crippen LogP contribution in [0.15, 0.2) is 11.3 Å². The van der Waals surface area contributed by atoms with Crippen LogP contribution in [-0.2, 0) is 0 Å². The van der Waals surface area contributed by atoms with E-state index in [1.165, 1.54) is 0 Å². The standard InChI is InChI=1S/C7H15BrSi/c1-7(5-6-8)9(2,3)4/h5H,6H2,1-4H3/b7-5-. The van der Waals surface area contributed by atoms with Crippen LogP contribution < -0.4 is 0 Å². The molecule has 0 aliphatic heterocycles. The van der Waals surface area contributed by atoms with E-state index in [0.29, 0.717) is 0 Å². The molecular weight excluding hydrogens is 192 g/mol. The van der Waals surface area contributed by atoms with Crippen molar-refractivity contribution in [3.8, 4) is 0 Å². The molecule has 0 aromatic rings. The van der Waals surface area contributed by atoms with Crippen LogP contribution in [0.1, 0.15) is 6.92 Å². The molecule has 0 fully saturated rings. The third-order valence-electron chi connectivity index (χ3n) is 1.57. The first-order chi connectivity index (χ1) is 3.98. The molecule has 0 bridgehead atoms. The van der Waals surface area contributed by atoms with Crippen molar-refractivity contribution in [3.05, 3.63) is 11.3 Å². The average Bonchev–Trinajstić information content (AvgIpc) is 1.64. The Bertz CT molecular complexity index is 111. The van der Waals surface area contributed by atoms with Crippen LogP contribution in [0, 0.1) is 0 Å². The molecule has 0 nitrogen and oxygen atoms in total. The average molecular weight is 207 g/mol. The van der Waals surface area contributed by atoms with Gasteiger partial charge in [0.15, 0.2) is 0 Å². The Morgan fingerprint density at radius 3 is 2.00 bits per heavy atom. The molecule has 9 heavy (non-hydrogen) atoms. The summed E-state index contributed by atoms with van der Waals surface area (Å²) in [5.41, 5.74) is 0. The van der Waals surface area contributed by atoms with Gasteiger partial charge in [0.05, 0.1) is 8.07 Å². The van der Waals surface area contributed by atoms with Gasteiger partial charge < -0.3 is 0 Å². The normalized spacial score (nSPS) is 14.1. The van der Waals surface area contributed by atoms with Crippen LogP contribution in [-0.4, -0.2) is 13.4 Å². The van der Waals surface area contributed by atoms with E-state index in [4.69, 9.17) is 0 Å². The Balaban J connectivity index is 4.03. The molecule has 0 aliphatic carbocycles. The van der Waals surface area contributed by atoms with Crippen LogP contribution in [0.25, 0.3) is 0 Å².